The number of rotatable bonds is 8. The Morgan fingerprint density at radius 2 is 1.74 bits per heavy atom. The van der Waals surface area contributed by atoms with Gasteiger partial charge in [0.15, 0.2) is 0 Å². The van der Waals surface area contributed by atoms with Crippen LogP contribution in [0.25, 0.3) is 0 Å². The zero-order valence-corrected chi connectivity index (χ0v) is 18.3. The van der Waals surface area contributed by atoms with E-state index in [1.165, 1.54) is 0 Å². The summed E-state index contributed by atoms with van der Waals surface area (Å²) < 4.78 is 0. The van der Waals surface area contributed by atoms with E-state index < -0.39 is 0 Å². The monoisotopic (exact) mass is 442 g/mol. The summed E-state index contributed by atoms with van der Waals surface area (Å²) in [5.41, 5.74) is 2.28. The van der Waals surface area contributed by atoms with E-state index in [9.17, 15) is 14.4 Å². The maximum absolute atomic E-state index is 12.5. The molecular formula is C23H27ClN4O3. The van der Waals surface area contributed by atoms with Crippen LogP contribution in [-0.2, 0) is 9.59 Å². The van der Waals surface area contributed by atoms with Gasteiger partial charge >= 0.3 is 0 Å². The van der Waals surface area contributed by atoms with Crippen molar-refractivity contribution in [3.8, 4) is 0 Å². The predicted molar refractivity (Wildman–Crippen MR) is 124 cm³/mol. The van der Waals surface area contributed by atoms with Crippen LogP contribution in [0.4, 0.5) is 17.1 Å². The van der Waals surface area contributed by atoms with Crippen LogP contribution in [0.2, 0.25) is 5.02 Å². The zero-order valence-electron chi connectivity index (χ0n) is 17.5. The Balaban J connectivity index is 1.57. The molecule has 1 heterocycles. The van der Waals surface area contributed by atoms with Crippen molar-refractivity contribution in [2.75, 3.05) is 35.6 Å². The van der Waals surface area contributed by atoms with Crippen LogP contribution in [0, 0.1) is 0 Å². The van der Waals surface area contributed by atoms with E-state index in [1.54, 1.807) is 36.4 Å². The third-order valence-electron chi connectivity index (χ3n) is 4.96. The smallest absolute Gasteiger partial charge is 0.253 e. The molecule has 1 fully saturated rings. The van der Waals surface area contributed by atoms with Crippen LogP contribution < -0.4 is 16.0 Å². The van der Waals surface area contributed by atoms with E-state index in [-0.39, 0.29) is 24.3 Å². The van der Waals surface area contributed by atoms with E-state index in [0.29, 0.717) is 34.1 Å². The van der Waals surface area contributed by atoms with Crippen molar-refractivity contribution in [1.29, 1.82) is 0 Å². The molecule has 31 heavy (non-hydrogen) atoms. The summed E-state index contributed by atoms with van der Waals surface area (Å²) >= 11 is 6.18. The summed E-state index contributed by atoms with van der Waals surface area (Å²) in [6, 6.07) is 12.1. The van der Waals surface area contributed by atoms with Crippen LogP contribution in [0.5, 0.6) is 0 Å². The number of carbonyl (C=O) groups is 3. The number of halogens is 1. The van der Waals surface area contributed by atoms with Crippen LogP contribution in [0.15, 0.2) is 42.5 Å². The van der Waals surface area contributed by atoms with E-state index in [2.05, 4.69) is 16.0 Å². The molecule has 0 radical (unpaired) electrons. The lowest BCUT2D eigenvalue weighted by Gasteiger charge is -2.16. The highest BCUT2D eigenvalue weighted by Gasteiger charge is 2.19. The molecule has 0 saturated carbocycles. The van der Waals surface area contributed by atoms with Gasteiger partial charge in [-0.3, -0.25) is 14.4 Å². The Hall–Kier alpha value is -3.06. The van der Waals surface area contributed by atoms with Crippen molar-refractivity contribution in [3.63, 3.8) is 0 Å². The first-order valence-electron chi connectivity index (χ1n) is 10.5. The van der Waals surface area contributed by atoms with Gasteiger partial charge in [0.2, 0.25) is 11.8 Å². The average molecular weight is 443 g/mol. The molecule has 0 aliphatic carbocycles. The van der Waals surface area contributed by atoms with Gasteiger partial charge in [-0.1, -0.05) is 24.6 Å². The fraction of sp³-hybridized carbons (Fsp3) is 0.348. The molecule has 1 aliphatic rings. The minimum absolute atomic E-state index is 0.00408. The van der Waals surface area contributed by atoms with E-state index in [4.69, 9.17) is 11.6 Å². The van der Waals surface area contributed by atoms with Gasteiger partial charge in [-0.05, 0) is 55.7 Å². The lowest BCUT2D eigenvalue weighted by Crippen LogP contribution is -2.27. The van der Waals surface area contributed by atoms with Crippen molar-refractivity contribution in [2.24, 2.45) is 0 Å². The summed E-state index contributed by atoms with van der Waals surface area (Å²) in [6.45, 7) is 3.51. The van der Waals surface area contributed by atoms with Gasteiger partial charge in [0.05, 0.1) is 17.3 Å². The molecule has 1 aliphatic heterocycles. The molecule has 7 nitrogen and oxygen atoms in total. The minimum atomic E-state index is -0.296. The Kier molecular flexibility index (Phi) is 7.89. The fourth-order valence-corrected chi connectivity index (χ4v) is 3.56. The molecule has 1 saturated heterocycles. The normalized spacial score (nSPS) is 13.0. The number of hydrogen-bond acceptors (Lipinski definition) is 4. The number of nitrogens with one attached hydrogen (secondary N) is 3. The first-order chi connectivity index (χ1) is 15.0. The molecule has 164 valence electrons. The molecule has 0 atom stereocenters. The van der Waals surface area contributed by atoms with Gasteiger partial charge in [-0.25, -0.2) is 0 Å². The SMILES string of the molecule is CCCC(=O)Nc1ccc(Cl)c(NC(=O)CNc2cccc(C(=O)N3CCCC3)c2)c1. The van der Waals surface area contributed by atoms with Gasteiger partial charge in [-0.15, -0.1) is 0 Å². The van der Waals surface area contributed by atoms with Gasteiger partial charge < -0.3 is 20.9 Å². The quantitative estimate of drug-likeness (QED) is 0.566. The second-order valence-electron chi connectivity index (χ2n) is 7.47. The molecule has 0 aromatic heterocycles. The molecule has 2 aromatic rings. The molecule has 8 heteroatoms. The lowest BCUT2D eigenvalue weighted by atomic mass is 10.1. The molecule has 0 bridgehead atoms. The van der Waals surface area contributed by atoms with Crippen molar-refractivity contribution < 1.29 is 14.4 Å². The van der Waals surface area contributed by atoms with Crippen molar-refractivity contribution >= 4 is 46.4 Å². The van der Waals surface area contributed by atoms with Crippen LogP contribution >= 0.6 is 11.6 Å². The van der Waals surface area contributed by atoms with Crippen LogP contribution in [-0.4, -0.2) is 42.3 Å². The van der Waals surface area contributed by atoms with Crippen LogP contribution in [0.1, 0.15) is 43.0 Å². The van der Waals surface area contributed by atoms with Gasteiger partial charge in [0, 0.05) is 36.4 Å². The van der Waals surface area contributed by atoms with E-state index >= 15 is 0 Å². The van der Waals surface area contributed by atoms with Gasteiger partial charge in [-0.2, -0.15) is 0 Å². The van der Waals surface area contributed by atoms with E-state index in [1.807, 2.05) is 17.9 Å². The molecule has 0 unspecified atom stereocenters. The third-order valence-corrected chi connectivity index (χ3v) is 5.29. The summed E-state index contributed by atoms with van der Waals surface area (Å²) in [5.74, 6) is -0.373. The van der Waals surface area contributed by atoms with Crippen LogP contribution in [0.3, 0.4) is 0 Å². The first kappa shape index (κ1) is 22.6. The lowest BCUT2D eigenvalue weighted by molar-refractivity contribution is -0.116. The van der Waals surface area contributed by atoms with Crippen molar-refractivity contribution in [1.82, 2.24) is 4.90 Å². The molecule has 3 N–H and O–H groups in total. The molecule has 2 aromatic carbocycles. The van der Waals surface area contributed by atoms with Gasteiger partial charge in [0.1, 0.15) is 0 Å². The molecule has 3 amide bonds. The molecule has 3 rings (SSSR count). The number of amides is 3. The zero-order chi connectivity index (χ0) is 22.2. The first-order valence-corrected chi connectivity index (χ1v) is 10.9. The second-order valence-corrected chi connectivity index (χ2v) is 7.88. The number of benzene rings is 2. The number of likely N-dealkylation sites (tertiary alicyclic amines) is 1. The third kappa shape index (κ3) is 6.46. The predicted octanol–water partition coefficient (Wildman–Crippen LogP) is 4.37. The van der Waals surface area contributed by atoms with Gasteiger partial charge in [0.25, 0.3) is 5.91 Å². The maximum Gasteiger partial charge on any atom is 0.253 e. The highest BCUT2D eigenvalue weighted by Crippen LogP contribution is 2.26. The summed E-state index contributed by atoms with van der Waals surface area (Å²) in [7, 11) is 0. The Morgan fingerprint density at radius 1 is 0.968 bits per heavy atom. The van der Waals surface area contributed by atoms with E-state index in [0.717, 1.165) is 32.4 Å². The number of nitrogens with zero attached hydrogens (tertiary/aromatic N) is 1. The largest absolute Gasteiger partial charge is 0.376 e. The summed E-state index contributed by atoms with van der Waals surface area (Å²) in [4.78, 5) is 38.6. The number of anilines is 3. The summed E-state index contributed by atoms with van der Waals surface area (Å²) in [6.07, 6.45) is 3.25. The summed E-state index contributed by atoms with van der Waals surface area (Å²) in [5, 5.41) is 8.94. The highest BCUT2D eigenvalue weighted by atomic mass is 35.5. The number of carbonyl (C=O) groups excluding carboxylic acids is 3. The highest BCUT2D eigenvalue weighted by molar-refractivity contribution is 6.33. The van der Waals surface area contributed by atoms with Crippen molar-refractivity contribution in [2.45, 2.75) is 32.6 Å². The molecular weight excluding hydrogens is 416 g/mol. The maximum atomic E-state index is 12.5. The Labute approximate surface area is 187 Å². The standard InChI is InChI=1S/C23H27ClN4O3/c1-2-6-21(29)26-18-9-10-19(24)20(14-18)27-22(30)15-25-17-8-5-7-16(13-17)23(31)28-11-3-4-12-28/h5,7-10,13-14,25H,2-4,6,11-12,15H2,1H3,(H,26,29)(H,27,30). The topological polar surface area (TPSA) is 90.5 Å². The number of hydrogen-bond donors (Lipinski definition) is 3. The second kappa shape index (κ2) is 10.8. The van der Waals surface area contributed by atoms with Crippen molar-refractivity contribution in [3.05, 3.63) is 53.1 Å². The Morgan fingerprint density at radius 3 is 2.48 bits per heavy atom. The average Bonchev–Trinajstić information content (AvgIpc) is 3.29. The Bertz CT molecular complexity index is 958. The fourth-order valence-electron chi connectivity index (χ4n) is 3.39. The minimum Gasteiger partial charge on any atom is -0.376 e. The molecule has 0 spiro atoms.